The summed E-state index contributed by atoms with van der Waals surface area (Å²) < 4.78 is 26.4. The lowest BCUT2D eigenvalue weighted by Crippen LogP contribution is -2.50. The Balaban J connectivity index is 2.97. The van der Waals surface area contributed by atoms with Crippen LogP contribution in [0.3, 0.4) is 0 Å². The van der Waals surface area contributed by atoms with Crippen LogP contribution in [0.4, 0.5) is 0 Å². The van der Waals surface area contributed by atoms with E-state index in [1.165, 1.54) is 6.20 Å². The third-order valence-electron chi connectivity index (χ3n) is 2.31. The minimum atomic E-state index is -3.60. The Morgan fingerprint density at radius 3 is 2.50 bits per heavy atom. The summed E-state index contributed by atoms with van der Waals surface area (Å²) in [6.07, 6.45) is 0.539. The lowest BCUT2D eigenvalue weighted by molar-refractivity contribution is 0.112. The predicted molar refractivity (Wildman–Crippen MR) is 62.9 cm³/mol. The highest BCUT2D eigenvalue weighted by Crippen LogP contribution is 2.20. The van der Waals surface area contributed by atoms with Crippen molar-refractivity contribution in [3.05, 3.63) is 11.2 Å². The molecule has 7 heteroatoms. The lowest BCUT2D eigenvalue weighted by atomic mass is 10.0. The summed E-state index contributed by atoms with van der Waals surface area (Å²) >= 11 is 1.10. The summed E-state index contributed by atoms with van der Waals surface area (Å²) in [5.74, 6) is 0. The molecule has 0 aliphatic rings. The van der Waals surface area contributed by atoms with Crippen molar-refractivity contribution in [1.82, 2.24) is 9.71 Å². The van der Waals surface area contributed by atoms with Crippen LogP contribution in [0, 0.1) is 6.92 Å². The molecule has 1 aromatic heterocycles. The molecule has 2 N–H and O–H groups in total. The SMILES string of the molecule is Cc1ncc(S(=O)(=O)NC(C)(C)C(C)O)s1. The van der Waals surface area contributed by atoms with Gasteiger partial charge in [0.05, 0.1) is 22.8 Å². The number of thiazole rings is 1. The summed E-state index contributed by atoms with van der Waals surface area (Å²) in [5.41, 5.74) is -0.906. The number of nitrogens with one attached hydrogen (secondary N) is 1. The topological polar surface area (TPSA) is 79.3 Å². The zero-order chi connectivity index (χ0) is 12.6. The number of aryl methyl sites for hydroxylation is 1. The van der Waals surface area contributed by atoms with E-state index >= 15 is 0 Å². The van der Waals surface area contributed by atoms with E-state index in [-0.39, 0.29) is 4.21 Å². The fourth-order valence-electron chi connectivity index (χ4n) is 0.948. The minimum absolute atomic E-state index is 0.165. The number of rotatable bonds is 4. The Bertz CT molecular complexity index is 463. The van der Waals surface area contributed by atoms with Crippen molar-refractivity contribution < 1.29 is 13.5 Å². The highest BCUT2D eigenvalue weighted by Gasteiger charge is 2.31. The Labute approximate surface area is 99.6 Å². The van der Waals surface area contributed by atoms with Gasteiger partial charge in [0.2, 0.25) is 0 Å². The second kappa shape index (κ2) is 4.40. The Hall–Kier alpha value is -0.500. The van der Waals surface area contributed by atoms with Crippen molar-refractivity contribution >= 4 is 21.4 Å². The van der Waals surface area contributed by atoms with E-state index in [2.05, 4.69) is 9.71 Å². The van der Waals surface area contributed by atoms with Crippen molar-refractivity contribution in [3.8, 4) is 0 Å². The first-order valence-corrected chi connectivity index (χ1v) is 7.09. The van der Waals surface area contributed by atoms with Crippen LogP contribution < -0.4 is 4.72 Å². The van der Waals surface area contributed by atoms with Gasteiger partial charge in [0.15, 0.2) is 4.21 Å². The van der Waals surface area contributed by atoms with E-state index in [4.69, 9.17) is 0 Å². The Kier molecular flexibility index (Phi) is 3.73. The molecular formula is C9H16N2O3S2. The second-order valence-electron chi connectivity index (χ2n) is 4.20. The first-order chi connectivity index (χ1) is 7.15. The quantitative estimate of drug-likeness (QED) is 0.846. The molecule has 0 amide bonds. The van der Waals surface area contributed by atoms with E-state index in [0.29, 0.717) is 5.01 Å². The van der Waals surface area contributed by atoms with Crippen molar-refractivity contribution in [1.29, 1.82) is 0 Å². The molecule has 1 atom stereocenters. The van der Waals surface area contributed by atoms with Gasteiger partial charge in [0.25, 0.3) is 10.0 Å². The third-order valence-corrected chi connectivity index (χ3v) is 5.35. The second-order valence-corrected chi connectivity index (χ2v) is 7.35. The van der Waals surface area contributed by atoms with Gasteiger partial charge in [-0.1, -0.05) is 0 Å². The highest BCUT2D eigenvalue weighted by molar-refractivity contribution is 7.91. The molecule has 1 rings (SSSR count). The maximum atomic E-state index is 11.9. The molecule has 92 valence electrons. The van der Waals surface area contributed by atoms with Crippen LogP contribution in [0.2, 0.25) is 0 Å². The molecular weight excluding hydrogens is 248 g/mol. The van der Waals surface area contributed by atoms with Crippen molar-refractivity contribution in [2.24, 2.45) is 0 Å². The zero-order valence-corrected chi connectivity index (χ0v) is 11.3. The molecule has 1 unspecified atom stereocenters. The van der Waals surface area contributed by atoms with Crippen LogP contribution in [0.25, 0.3) is 0 Å². The number of aromatic nitrogens is 1. The van der Waals surface area contributed by atoms with E-state index < -0.39 is 21.7 Å². The number of hydrogen-bond donors (Lipinski definition) is 2. The van der Waals surface area contributed by atoms with Gasteiger partial charge >= 0.3 is 0 Å². The normalized spacial score (nSPS) is 15.1. The van der Waals surface area contributed by atoms with Gasteiger partial charge in [-0.3, -0.25) is 0 Å². The number of nitrogens with zero attached hydrogens (tertiary/aromatic N) is 1. The van der Waals surface area contributed by atoms with Gasteiger partial charge in [-0.2, -0.15) is 0 Å². The molecule has 1 aromatic rings. The summed E-state index contributed by atoms with van der Waals surface area (Å²) in [7, 11) is -3.60. The monoisotopic (exact) mass is 264 g/mol. The smallest absolute Gasteiger partial charge is 0.252 e. The van der Waals surface area contributed by atoms with Crippen LogP contribution in [0.1, 0.15) is 25.8 Å². The molecule has 16 heavy (non-hydrogen) atoms. The number of hydrogen-bond acceptors (Lipinski definition) is 5. The van der Waals surface area contributed by atoms with Crippen LogP contribution in [-0.2, 0) is 10.0 Å². The molecule has 0 aliphatic carbocycles. The molecule has 1 heterocycles. The summed E-state index contributed by atoms with van der Waals surface area (Å²) in [6, 6.07) is 0. The molecule has 0 radical (unpaired) electrons. The molecule has 0 bridgehead atoms. The van der Waals surface area contributed by atoms with Crippen molar-refractivity contribution in [2.75, 3.05) is 0 Å². The zero-order valence-electron chi connectivity index (χ0n) is 9.68. The van der Waals surface area contributed by atoms with Gasteiger partial charge in [-0.05, 0) is 27.7 Å². The Morgan fingerprint density at radius 2 is 2.12 bits per heavy atom. The van der Waals surface area contributed by atoms with Gasteiger partial charge in [0, 0.05) is 0 Å². The van der Waals surface area contributed by atoms with Gasteiger partial charge in [-0.25, -0.2) is 18.1 Å². The van der Waals surface area contributed by atoms with Crippen molar-refractivity contribution in [3.63, 3.8) is 0 Å². The van der Waals surface area contributed by atoms with Crippen LogP contribution in [0.5, 0.6) is 0 Å². The van der Waals surface area contributed by atoms with Crippen LogP contribution >= 0.6 is 11.3 Å². The summed E-state index contributed by atoms with van der Waals surface area (Å²) in [6.45, 7) is 6.54. The number of aliphatic hydroxyl groups is 1. The Morgan fingerprint density at radius 1 is 1.56 bits per heavy atom. The molecule has 0 spiro atoms. The fraction of sp³-hybridized carbons (Fsp3) is 0.667. The molecule has 0 fully saturated rings. The minimum Gasteiger partial charge on any atom is -0.391 e. The van der Waals surface area contributed by atoms with Gasteiger partial charge in [-0.15, -0.1) is 11.3 Å². The third kappa shape index (κ3) is 3.00. The predicted octanol–water partition coefficient (Wildman–Crippen LogP) is 0.889. The molecule has 0 aromatic carbocycles. The lowest BCUT2D eigenvalue weighted by Gasteiger charge is -2.28. The van der Waals surface area contributed by atoms with E-state index in [0.717, 1.165) is 11.3 Å². The van der Waals surface area contributed by atoms with Crippen LogP contribution in [0.15, 0.2) is 10.4 Å². The maximum absolute atomic E-state index is 11.9. The highest BCUT2D eigenvalue weighted by atomic mass is 32.2. The average Bonchev–Trinajstić information content (AvgIpc) is 2.50. The summed E-state index contributed by atoms with van der Waals surface area (Å²) in [4.78, 5) is 3.89. The van der Waals surface area contributed by atoms with Gasteiger partial charge in [0.1, 0.15) is 0 Å². The van der Waals surface area contributed by atoms with Crippen molar-refractivity contribution in [2.45, 2.75) is 43.5 Å². The molecule has 0 saturated heterocycles. The van der Waals surface area contributed by atoms with E-state index in [1.54, 1.807) is 27.7 Å². The maximum Gasteiger partial charge on any atom is 0.252 e. The summed E-state index contributed by atoms with van der Waals surface area (Å²) in [5, 5.41) is 10.1. The largest absolute Gasteiger partial charge is 0.391 e. The molecule has 0 saturated carbocycles. The van der Waals surface area contributed by atoms with E-state index in [9.17, 15) is 13.5 Å². The van der Waals surface area contributed by atoms with E-state index in [1.807, 2.05) is 0 Å². The fourth-order valence-corrected chi connectivity index (χ4v) is 3.53. The molecule has 0 aliphatic heterocycles. The van der Waals surface area contributed by atoms with Gasteiger partial charge < -0.3 is 5.11 Å². The number of sulfonamides is 1. The average molecular weight is 264 g/mol. The van der Waals surface area contributed by atoms with Crippen LogP contribution in [-0.4, -0.2) is 30.2 Å². The standard InChI is InChI=1S/C9H16N2O3S2/c1-6(12)9(3,4)11-16(13,14)8-5-10-7(2)15-8/h5-6,11-12H,1-4H3. The number of aliphatic hydroxyl groups excluding tert-OH is 1. The molecule has 5 nitrogen and oxygen atoms in total. The first-order valence-electron chi connectivity index (χ1n) is 4.79. The first kappa shape index (κ1) is 13.6.